The molecule has 1 heterocycles. The topological polar surface area (TPSA) is 47.7 Å². The molecule has 2 atom stereocenters. The highest BCUT2D eigenvalue weighted by atomic mass is 35.5. The summed E-state index contributed by atoms with van der Waals surface area (Å²) in [5, 5.41) is 0.598. The largest absolute Gasteiger partial charge is 0.489 e. The van der Waals surface area contributed by atoms with Gasteiger partial charge in [-0.3, -0.25) is 4.90 Å². The van der Waals surface area contributed by atoms with Gasteiger partial charge in [0, 0.05) is 25.2 Å². The average molecular weight is 313 g/mol. The predicted octanol–water partition coefficient (Wildman–Crippen LogP) is 2.85. The number of nitrogens with zero attached hydrogens (tertiary/aromatic N) is 1. The number of nitrogens with two attached hydrogens (primary N) is 1. The minimum absolute atomic E-state index is 0.0298. The molecule has 1 aromatic rings. The van der Waals surface area contributed by atoms with E-state index in [0.29, 0.717) is 23.4 Å². The van der Waals surface area contributed by atoms with Crippen molar-refractivity contribution in [3.05, 3.63) is 28.8 Å². The van der Waals surface area contributed by atoms with Crippen molar-refractivity contribution in [2.75, 3.05) is 26.3 Å². The van der Waals surface area contributed by atoms with E-state index in [0.717, 1.165) is 25.3 Å². The monoisotopic (exact) mass is 312 g/mol. The molecule has 1 aliphatic heterocycles. The van der Waals surface area contributed by atoms with Crippen molar-refractivity contribution in [2.24, 2.45) is 5.73 Å². The summed E-state index contributed by atoms with van der Waals surface area (Å²) in [6.07, 6.45) is 0.0883. The van der Waals surface area contributed by atoms with Crippen LogP contribution in [-0.4, -0.2) is 43.3 Å². The maximum Gasteiger partial charge on any atom is 0.138 e. The van der Waals surface area contributed by atoms with Gasteiger partial charge in [0.15, 0.2) is 0 Å². The molecule has 2 rings (SSSR count). The highest BCUT2D eigenvalue weighted by Crippen LogP contribution is 2.27. The number of hydrogen-bond acceptors (Lipinski definition) is 4. The number of rotatable bonds is 5. The van der Waals surface area contributed by atoms with Crippen LogP contribution in [0.3, 0.4) is 0 Å². The fourth-order valence-electron chi connectivity index (χ4n) is 2.41. The molecular weight excluding hydrogens is 288 g/mol. The van der Waals surface area contributed by atoms with Crippen molar-refractivity contribution >= 4 is 11.6 Å². The minimum Gasteiger partial charge on any atom is -0.489 e. The van der Waals surface area contributed by atoms with E-state index >= 15 is 0 Å². The fraction of sp³-hybridized carbons (Fsp3) is 0.625. The Morgan fingerprint density at radius 2 is 2.19 bits per heavy atom. The van der Waals surface area contributed by atoms with Crippen LogP contribution in [0.5, 0.6) is 5.75 Å². The normalized spacial score (nSPS) is 21.5. The molecule has 1 fully saturated rings. The van der Waals surface area contributed by atoms with Crippen molar-refractivity contribution in [1.29, 1.82) is 0 Å². The van der Waals surface area contributed by atoms with E-state index in [4.69, 9.17) is 26.8 Å². The maximum absolute atomic E-state index is 6.24. The van der Waals surface area contributed by atoms with Gasteiger partial charge in [0.25, 0.3) is 0 Å². The van der Waals surface area contributed by atoms with Crippen LogP contribution < -0.4 is 10.5 Å². The second-order valence-corrected chi connectivity index (χ2v) is 6.28. The molecule has 0 spiro atoms. The van der Waals surface area contributed by atoms with E-state index in [-0.39, 0.29) is 12.1 Å². The first-order valence-corrected chi connectivity index (χ1v) is 7.88. The zero-order valence-electron chi connectivity index (χ0n) is 13.0. The van der Waals surface area contributed by atoms with E-state index in [1.807, 2.05) is 25.1 Å². The molecule has 0 aromatic heterocycles. The molecule has 118 valence electrons. The lowest BCUT2D eigenvalue weighted by Gasteiger charge is -2.35. The van der Waals surface area contributed by atoms with Gasteiger partial charge >= 0.3 is 0 Å². The third-order valence-electron chi connectivity index (χ3n) is 3.81. The van der Waals surface area contributed by atoms with Crippen LogP contribution >= 0.6 is 11.6 Å². The molecule has 0 radical (unpaired) electrons. The Morgan fingerprint density at radius 3 is 2.81 bits per heavy atom. The van der Waals surface area contributed by atoms with Crippen LogP contribution in [0.25, 0.3) is 0 Å². The van der Waals surface area contributed by atoms with Crippen molar-refractivity contribution in [3.63, 3.8) is 0 Å². The zero-order chi connectivity index (χ0) is 15.4. The Morgan fingerprint density at radius 1 is 1.43 bits per heavy atom. The van der Waals surface area contributed by atoms with Crippen molar-refractivity contribution in [2.45, 2.75) is 39.0 Å². The summed E-state index contributed by atoms with van der Waals surface area (Å²) in [5.74, 6) is 0.686. The van der Waals surface area contributed by atoms with E-state index in [2.05, 4.69) is 18.7 Å². The Kier molecular flexibility index (Phi) is 5.88. The highest BCUT2D eigenvalue weighted by Gasteiger charge is 2.23. The minimum atomic E-state index is -0.0298. The van der Waals surface area contributed by atoms with Gasteiger partial charge in [-0.15, -0.1) is 0 Å². The summed E-state index contributed by atoms with van der Waals surface area (Å²) in [6, 6.07) is 6.20. The van der Waals surface area contributed by atoms with Gasteiger partial charge in [-0.25, -0.2) is 0 Å². The number of ether oxygens (including phenoxy) is 2. The van der Waals surface area contributed by atoms with Crippen LogP contribution in [0.1, 0.15) is 32.4 Å². The molecule has 0 saturated carbocycles. The third kappa shape index (κ3) is 4.58. The second-order valence-electron chi connectivity index (χ2n) is 5.87. The van der Waals surface area contributed by atoms with Crippen LogP contribution in [-0.2, 0) is 4.74 Å². The summed E-state index contributed by atoms with van der Waals surface area (Å²) >= 11 is 6.24. The first-order valence-electron chi connectivity index (χ1n) is 7.51. The zero-order valence-corrected chi connectivity index (χ0v) is 13.8. The van der Waals surface area contributed by atoms with Crippen LogP contribution in [0, 0.1) is 0 Å². The molecule has 0 amide bonds. The first kappa shape index (κ1) is 16.6. The molecule has 21 heavy (non-hydrogen) atoms. The smallest absolute Gasteiger partial charge is 0.138 e. The molecule has 0 aliphatic carbocycles. The molecule has 1 unspecified atom stereocenters. The molecule has 4 nitrogen and oxygen atoms in total. The third-order valence-corrected chi connectivity index (χ3v) is 4.10. The van der Waals surface area contributed by atoms with Gasteiger partial charge in [0.1, 0.15) is 18.5 Å². The fourth-order valence-corrected chi connectivity index (χ4v) is 2.66. The first-order chi connectivity index (χ1) is 9.97. The van der Waals surface area contributed by atoms with Crippen LogP contribution in [0.2, 0.25) is 5.02 Å². The highest BCUT2D eigenvalue weighted by molar-refractivity contribution is 6.32. The van der Waals surface area contributed by atoms with E-state index < -0.39 is 0 Å². The Hall–Kier alpha value is -0.810. The second kappa shape index (κ2) is 7.45. The van der Waals surface area contributed by atoms with Gasteiger partial charge in [-0.1, -0.05) is 17.7 Å². The van der Waals surface area contributed by atoms with Crippen molar-refractivity contribution in [3.8, 4) is 5.75 Å². The van der Waals surface area contributed by atoms with Gasteiger partial charge in [-0.2, -0.15) is 0 Å². The Balaban J connectivity index is 1.91. The van der Waals surface area contributed by atoms with E-state index in [1.165, 1.54) is 0 Å². The molecule has 1 aromatic carbocycles. The van der Waals surface area contributed by atoms with Crippen LogP contribution in [0.4, 0.5) is 0 Å². The summed E-state index contributed by atoms with van der Waals surface area (Å²) in [5.41, 5.74) is 6.85. The quantitative estimate of drug-likeness (QED) is 0.908. The number of halogens is 1. The number of benzene rings is 1. The standard InChI is InChI=1S/C16H25ClN2O2/c1-11(2)19-6-7-20-14(9-19)10-21-16-5-4-13(12(3)18)8-15(16)17/h4-5,8,11-12,14H,6-7,9-10,18H2,1-3H3/t12-,14?/m0/s1. The van der Waals surface area contributed by atoms with Gasteiger partial charge in [0.2, 0.25) is 0 Å². The Bertz CT molecular complexity index is 466. The number of morpholine rings is 1. The van der Waals surface area contributed by atoms with E-state index in [1.54, 1.807) is 0 Å². The molecule has 5 heteroatoms. The summed E-state index contributed by atoms with van der Waals surface area (Å²) in [7, 11) is 0. The predicted molar refractivity (Wildman–Crippen MR) is 86.0 cm³/mol. The van der Waals surface area contributed by atoms with E-state index in [9.17, 15) is 0 Å². The van der Waals surface area contributed by atoms with Gasteiger partial charge < -0.3 is 15.2 Å². The summed E-state index contributed by atoms with van der Waals surface area (Å²) < 4.78 is 11.6. The van der Waals surface area contributed by atoms with Gasteiger partial charge in [0.05, 0.1) is 11.6 Å². The molecule has 2 N–H and O–H groups in total. The lowest BCUT2D eigenvalue weighted by Crippen LogP contribution is -2.47. The van der Waals surface area contributed by atoms with Crippen molar-refractivity contribution in [1.82, 2.24) is 4.90 Å². The maximum atomic E-state index is 6.24. The van der Waals surface area contributed by atoms with Crippen molar-refractivity contribution < 1.29 is 9.47 Å². The molecule has 0 bridgehead atoms. The van der Waals surface area contributed by atoms with Gasteiger partial charge in [-0.05, 0) is 38.5 Å². The summed E-state index contributed by atoms with van der Waals surface area (Å²) in [6.45, 7) is 9.48. The molecule has 1 saturated heterocycles. The molecular formula is C16H25ClN2O2. The lowest BCUT2D eigenvalue weighted by molar-refractivity contribution is -0.0564. The SMILES string of the molecule is CC(C)N1CCOC(COc2ccc([C@H](C)N)cc2Cl)C1. The molecule has 1 aliphatic rings. The van der Waals surface area contributed by atoms with Crippen LogP contribution in [0.15, 0.2) is 18.2 Å². The Labute approximate surface area is 132 Å². The lowest BCUT2D eigenvalue weighted by atomic mass is 10.1. The average Bonchev–Trinajstić information content (AvgIpc) is 2.46. The number of hydrogen-bond donors (Lipinski definition) is 1. The summed E-state index contributed by atoms with van der Waals surface area (Å²) in [4.78, 5) is 2.40.